The van der Waals surface area contributed by atoms with Gasteiger partial charge in [-0.25, -0.2) is 0 Å². The van der Waals surface area contributed by atoms with Crippen LogP contribution in [0.2, 0.25) is 5.02 Å². The Morgan fingerprint density at radius 3 is 2.95 bits per heavy atom. The summed E-state index contributed by atoms with van der Waals surface area (Å²) in [6.07, 6.45) is 1.70. The molecular weight excluding hydrogens is 290 g/mol. The van der Waals surface area contributed by atoms with Gasteiger partial charge in [0, 0.05) is 17.5 Å². The summed E-state index contributed by atoms with van der Waals surface area (Å²) in [5, 5.41) is 7.98. The van der Waals surface area contributed by atoms with Crippen molar-refractivity contribution in [3.8, 4) is 17.1 Å². The van der Waals surface area contributed by atoms with Gasteiger partial charge in [-0.05, 0) is 38.1 Å². The van der Waals surface area contributed by atoms with Crippen molar-refractivity contribution in [2.24, 2.45) is 0 Å². The van der Waals surface area contributed by atoms with Gasteiger partial charge in [-0.15, -0.1) is 0 Å². The molecule has 1 aromatic heterocycles. The lowest BCUT2D eigenvalue weighted by molar-refractivity contribution is 0.367. The summed E-state index contributed by atoms with van der Waals surface area (Å²) in [4.78, 5) is 4.42. The second-order valence-corrected chi connectivity index (χ2v) is 5.29. The summed E-state index contributed by atoms with van der Waals surface area (Å²) in [5.74, 6) is 1.79. The Labute approximate surface area is 129 Å². The summed E-state index contributed by atoms with van der Waals surface area (Å²) >= 11 is 5.95. The maximum absolute atomic E-state index is 5.95. The zero-order valence-corrected chi connectivity index (χ0v) is 13.3. The van der Waals surface area contributed by atoms with Gasteiger partial charge in [-0.2, -0.15) is 4.98 Å². The van der Waals surface area contributed by atoms with Crippen LogP contribution >= 0.6 is 11.6 Å². The summed E-state index contributed by atoms with van der Waals surface area (Å²) in [7, 11) is 1.59. The first-order valence-corrected chi connectivity index (χ1v) is 7.41. The predicted octanol–water partition coefficient (Wildman–Crippen LogP) is 3.33. The lowest BCUT2D eigenvalue weighted by atomic mass is 10.1. The van der Waals surface area contributed by atoms with E-state index in [0.29, 0.717) is 28.5 Å². The zero-order chi connectivity index (χ0) is 15.2. The average Bonchev–Trinajstić information content (AvgIpc) is 2.94. The highest BCUT2D eigenvalue weighted by Crippen LogP contribution is 2.30. The summed E-state index contributed by atoms with van der Waals surface area (Å²) in [6, 6.07) is 5.77. The van der Waals surface area contributed by atoms with E-state index in [2.05, 4.69) is 29.3 Å². The van der Waals surface area contributed by atoms with Crippen molar-refractivity contribution >= 4 is 11.6 Å². The minimum absolute atomic E-state index is 0.426. The molecular formula is C15H20ClN3O2. The largest absolute Gasteiger partial charge is 0.496 e. The smallest absolute Gasteiger partial charge is 0.227 e. The van der Waals surface area contributed by atoms with Gasteiger partial charge in [-0.3, -0.25) is 0 Å². The van der Waals surface area contributed by atoms with Crippen LogP contribution in [0, 0.1) is 0 Å². The topological polar surface area (TPSA) is 60.2 Å². The molecule has 0 radical (unpaired) electrons. The average molecular weight is 310 g/mol. The van der Waals surface area contributed by atoms with Gasteiger partial charge in [0.25, 0.3) is 0 Å². The molecule has 0 aliphatic heterocycles. The first-order valence-electron chi connectivity index (χ1n) is 7.04. The zero-order valence-electron chi connectivity index (χ0n) is 12.5. The monoisotopic (exact) mass is 309 g/mol. The fourth-order valence-electron chi connectivity index (χ4n) is 2.11. The second-order valence-electron chi connectivity index (χ2n) is 4.85. The number of methoxy groups -OCH3 is 1. The van der Waals surface area contributed by atoms with Crippen molar-refractivity contribution in [2.45, 2.75) is 32.7 Å². The molecule has 0 bridgehead atoms. The lowest BCUT2D eigenvalue weighted by Crippen LogP contribution is -2.25. The Bertz CT molecular complexity index is 586. The van der Waals surface area contributed by atoms with Crippen LogP contribution in [0.15, 0.2) is 22.7 Å². The van der Waals surface area contributed by atoms with Crippen LogP contribution in [0.1, 0.15) is 26.2 Å². The quantitative estimate of drug-likeness (QED) is 0.850. The highest BCUT2D eigenvalue weighted by atomic mass is 35.5. The molecule has 1 unspecified atom stereocenters. The van der Waals surface area contributed by atoms with Crippen LogP contribution in [0.3, 0.4) is 0 Å². The number of nitrogens with zero attached hydrogens (tertiary/aromatic N) is 2. The molecule has 21 heavy (non-hydrogen) atoms. The van der Waals surface area contributed by atoms with Crippen LogP contribution < -0.4 is 10.1 Å². The van der Waals surface area contributed by atoms with Crippen LogP contribution in [0.25, 0.3) is 11.4 Å². The van der Waals surface area contributed by atoms with Crippen LogP contribution in [0.4, 0.5) is 0 Å². The maximum atomic E-state index is 5.95. The van der Waals surface area contributed by atoms with E-state index in [4.69, 9.17) is 20.9 Å². The number of nitrogens with one attached hydrogen (secondary N) is 1. The Hall–Kier alpha value is -1.59. The van der Waals surface area contributed by atoms with Gasteiger partial charge in [0.2, 0.25) is 11.7 Å². The van der Waals surface area contributed by atoms with Crippen molar-refractivity contribution in [1.29, 1.82) is 0 Å². The Morgan fingerprint density at radius 1 is 1.43 bits per heavy atom. The minimum atomic E-state index is 0.426. The fraction of sp³-hybridized carbons (Fsp3) is 0.467. The van der Waals surface area contributed by atoms with E-state index in [0.717, 1.165) is 24.9 Å². The molecule has 1 heterocycles. The van der Waals surface area contributed by atoms with Crippen LogP contribution in [-0.4, -0.2) is 29.8 Å². The maximum Gasteiger partial charge on any atom is 0.227 e. The number of aromatic nitrogens is 2. The van der Waals surface area contributed by atoms with E-state index in [1.165, 1.54) is 0 Å². The number of hydrogen-bond donors (Lipinski definition) is 1. The fourth-order valence-corrected chi connectivity index (χ4v) is 2.27. The minimum Gasteiger partial charge on any atom is -0.496 e. The molecule has 1 aromatic carbocycles. The van der Waals surface area contributed by atoms with Crippen LogP contribution in [-0.2, 0) is 6.42 Å². The molecule has 0 fully saturated rings. The van der Waals surface area contributed by atoms with E-state index >= 15 is 0 Å². The molecule has 0 amide bonds. The molecule has 1 atom stereocenters. The van der Waals surface area contributed by atoms with E-state index in [1.54, 1.807) is 19.2 Å². The number of halogens is 1. The summed E-state index contributed by atoms with van der Waals surface area (Å²) < 4.78 is 10.6. The lowest BCUT2D eigenvalue weighted by Gasteiger charge is -2.09. The molecule has 114 valence electrons. The first kappa shape index (κ1) is 15.8. The van der Waals surface area contributed by atoms with Gasteiger partial charge < -0.3 is 14.6 Å². The van der Waals surface area contributed by atoms with Crippen molar-refractivity contribution in [3.05, 3.63) is 29.1 Å². The summed E-state index contributed by atoms with van der Waals surface area (Å²) in [5.41, 5.74) is 0.775. The van der Waals surface area contributed by atoms with Gasteiger partial charge in [-0.1, -0.05) is 23.7 Å². The molecule has 2 aromatic rings. The molecule has 1 N–H and O–H groups in total. The third-order valence-corrected chi connectivity index (χ3v) is 3.45. The molecule has 5 nitrogen and oxygen atoms in total. The Kier molecular flexibility index (Phi) is 5.59. The number of aryl methyl sites for hydroxylation is 1. The normalized spacial score (nSPS) is 12.4. The molecule has 6 heteroatoms. The number of rotatable bonds is 7. The number of hydrogen-bond acceptors (Lipinski definition) is 5. The van der Waals surface area contributed by atoms with Crippen molar-refractivity contribution < 1.29 is 9.26 Å². The predicted molar refractivity (Wildman–Crippen MR) is 82.8 cm³/mol. The van der Waals surface area contributed by atoms with Gasteiger partial charge >= 0.3 is 0 Å². The Morgan fingerprint density at radius 2 is 2.24 bits per heavy atom. The van der Waals surface area contributed by atoms with E-state index in [-0.39, 0.29) is 0 Å². The molecule has 0 saturated heterocycles. The highest BCUT2D eigenvalue weighted by Gasteiger charge is 2.14. The van der Waals surface area contributed by atoms with Crippen molar-refractivity contribution in [1.82, 2.24) is 15.5 Å². The molecule has 0 spiro atoms. The number of benzene rings is 1. The molecule has 0 aliphatic carbocycles. The van der Waals surface area contributed by atoms with E-state index < -0.39 is 0 Å². The van der Waals surface area contributed by atoms with Gasteiger partial charge in [0.1, 0.15) is 5.75 Å². The third-order valence-electron chi connectivity index (χ3n) is 3.22. The summed E-state index contributed by atoms with van der Waals surface area (Å²) in [6.45, 7) is 5.19. The SMILES string of the molecule is CCNC(C)CCc1nc(-c2ccc(Cl)cc2OC)no1. The highest BCUT2D eigenvalue weighted by molar-refractivity contribution is 6.30. The van der Waals surface area contributed by atoms with E-state index in [1.807, 2.05) is 6.07 Å². The molecule has 2 rings (SSSR count). The van der Waals surface area contributed by atoms with Crippen LogP contribution in [0.5, 0.6) is 5.75 Å². The van der Waals surface area contributed by atoms with Crippen molar-refractivity contribution in [3.63, 3.8) is 0 Å². The van der Waals surface area contributed by atoms with Gasteiger partial charge in [0.05, 0.1) is 12.7 Å². The Balaban J connectivity index is 2.09. The standard InChI is InChI=1S/C15H20ClN3O2/c1-4-17-10(2)5-8-14-18-15(19-21-14)12-7-6-11(16)9-13(12)20-3/h6-7,9-10,17H,4-5,8H2,1-3H3. The second kappa shape index (κ2) is 7.43. The number of ether oxygens (including phenoxy) is 1. The molecule has 0 aliphatic rings. The van der Waals surface area contributed by atoms with Crippen molar-refractivity contribution in [2.75, 3.05) is 13.7 Å². The van der Waals surface area contributed by atoms with E-state index in [9.17, 15) is 0 Å². The first-order chi connectivity index (χ1) is 10.1. The van der Waals surface area contributed by atoms with Gasteiger partial charge in [0.15, 0.2) is 0 Å². The molecule has 0 saturated carbocycles. The third kappa shape index (κ3) is 4.19.